The fourth-order valence-corrected chi connectivity index (χ4v) is 2.12. The van der Waals surface area contributed by atoms with Crippen LogP contribution in [0, 0.1) is 0 Å². The van der Waals surface area contributed by atoms with Crippen LogP contribution in [0.3, 0.4) is 0 Å². The maximum atomic E-state index is 11.4. The molecule has 2 rings (SSSR count). The predicted octanol–water partition coefficient (Wildman–Crippen LogP) is 3.99. The van der Waals surface area contributed by atoms with E-state index in [1.54, 1.807) is 12.1 Å². The summed E-state index contributed by atoms with van der Waals surface area (Å²) in [6, 6.07) is 7.16. The number of halogens is 1. The van der Waals surface area contributed by atoms with Crippen LogP contribution in [0.25, 0.3) is 10.9 Å². The molecule has 1 aromatic heterocycles. The minimum Gasteiger partial charge on any atom is -0.478 e. The van der Waals surface area contributed by atoms with Gasteiger partial charge in [-0.3, -0.25) is 4.98 Å². The third kappa shape index (κ3) is 2.38. The van der Waals surface area contributed by atoms with Gasteiger partial charge in [-0.25, -0.2) is 4.79 Å². The van der Waals surface area contributed by atoms with Gasteiger partial charge in [0.15, 0.2) is 0 Å². The number of carbonyl (C=O) groups is 1. The molecule has 1 N–H and O–H groups in total. The molecule has 0 fully saturated rings. The van der Waals surface area contributed by atoms with E-state index in [0.29, 0.717) is 16.5 Å². The molecule has 94 valence electrons. The van der Waals surface area contributed by atoms with Crippen molar-refractivity contribution in [2.75, 3.05) is 0 Å². The standard InChI is InChI=1S/C14H14BrNO2/c1-14(2,3)12-7-10(13(17)18)9-6-8(15)4-5-11(9)16-12/h4-7H,1-3H3,(H,17,18). The van der Waals surface area contributed by atoms with Gasteiger partial charge in [0.2, 0.25) is 0 Å². The van der Waals surface area contributed by atoms with Crippen LogP contribution < -0.4 is 0 Å². The monoisotopic (exact) mass is 307 g/mol. The van der Waals surface area contributed by atoms with Gasteiger partial charge in [-0.05, 0) is 24.3 Å². The third-order valence-electron chi connectivity index (χ3n) is 2.77. The van der Waals surface area contributed by atoms with Gasteiger partial charge in [0.05, 0.1) is 11.1 Å². The zero-order chi connectivity index (χ0) is 13.5. The van der Waals surface area contributed by atoms with Crippen molar-refractivity contribution < 1.29 is 9.90 Å². The Labute approximate surface area is 114 Å². The molecule has 18 heavy (non-hydrogen) atoms. The molecule has 0 saturated heterocycles. The Balaban J connectivity index is 2.83. The van der Waals surface area contributed by atoms with Crippen molar-refractivity contribution in [3.63, 3.8) is 0 Å². The van der Waals surface area contributed by atoms with Crippen LogP contribution in [0.1, 0.15) is 36.8 Å². The first kappa shape index (κ1) is 13.0. The number of benzene rings is 1. The van der Waals surface area contributed by atoms with E-state index in [4.69, 9.17) is 0 Å². The minimum atomic E-state index is -0.925. The molecule has 4 heteroatoms. The normalized spacial score (nSPS) is 11.8. The number of pyridine rings is 1. The lowest BCUT2D eigenvalue weighted by atomic mass is 9.90. The lowest BCUT2D eigenvalue weighted by Gasteiger charge is -2.19. The van der Waals surface area contributed by atoms with Crippen LogP contribution in [0.4, 0.5) is 0 Å². The first-order valence-corrected chi connectivity index (χ1v) is 6.42. The van der Waals surface area contributed by atoms with Crippen molar-refractivity contribution >= 4 is 32.8 Å². The Bertz CT molecular complexity index is 629. The molecular formula is C14H14BrNO2. The number of nitrogens with zero attached hydrogens (tertiary/aromatic N) is 1. The van der Waals surface area contributed by atoms with E-state index in [9.17, 15) is 9.90 Å². The van der Waals surface area contributed by atoms with Crippen molar-refractivity contribution in [1.29, 1.82) is 0 Å². The summed E-state index contributed by atoms with van der Waals surface area (Å²) in [5.74, 6) is -0.925. The fourth-order valence-electron chi connectivity index (χ4n) is 1.76. The number of carboxylic acids is 1. The highest BCUT2D eigenvalue weighted by molar-refractivity contribution is 9.10. The summed E-state index contributed by atoms with van der Waals surface area (Å²) < 4.78 is 0.850. The summed E-state index contributed by atoms with van der Waals surface area (Å²) in [6.07, 6.45) is 0. The predicted molar refractivity (Wildman–Crippen MR) is 75.1 cm³/mol. The zero-order valence-electron chi connectivity index (χ0n) is 10.5. The van der Waals surface area contributed by atoms with Crippen LogP contribution in [0.2, 0.25) is 0 Å². The summed E-state index contributed by atoms with van der Waals surface area (Å²) >= 11 is 3.35. The zero-order valence-corrected chi connectivity index (χ0v) is 12.1. The molecule has 0 atom stereocenters. The quantitative estimate of drug-likeness (QED) is 0.866. The molecule has 0 aliphatic heterocycles. The summed E-state index contributed by atoms with van der Waals surface area (Å²) in [7, 11) is 0. The van der Waals surface area contributed by atoms with E-state index in [1.807, 2.05) is 32.9 Å². The lowest BCUT2D eigenvalue weighted by Crippen LogP contribution is -2.15. The number of aromatic nitrogens is 1. The van der Waals surface area contributed by atoms with Gasteiger partial charge in [0.1, 0.15) is 0 Å². The molecule has 0 unspecified atom stereocenters. The lowest BCUT2D eigenvalue weighted by molar-refractivity contribution is 0.0699. The highest BCUT2D eigenvalue weighted by atomic mass is 79.9. The summed E-state index contributed by atoms with van der Waals surface area (Å²) in [4.78, 5) is 15.9. The van der Waals surface area contributed by atoms with Crippen LogP contribution >= 0.6 is 15.9 Å². The minimum absolute atomic E-state index is 0.175. The van der Waals surface area contributed by atoms with Crippen molar-refractivity contribution in [3.05, 3.63) is 40.0 Å². The Hall–Kier alpha value is -1.42. The van der Waals surface area contributed by atoms with E-state index in [1.165, 1.54) is 0 Å². The Morgan fingerprint density at radius 1 is 1.28 bits per heavy atom. The largest absolute Gasteiger partial charge is 0.478 e. The van der Waals surface area contributed by atoms with Crippen molar-refractivity contribution in [2.24, 2.45) is 0 Å². The van der Waals surface area contributed by atoms with E-state index < -0.39 is 5.97 Å². The van der Waals surface area contributed by atoms with Gasteiger partial charge >= 0.3 is 5.97 Å². The maximum Gasteiger partial charge on any atom is 0.336 e. The molecule has 0 amide bonds. The first-order valence-electron chi connectivity index (χ1n) is 5.63. The highest BCUT2D eigenvalue weighted by Crippen LogP contribution is 2.28. The van der Waals surface area contributed by atoms with E-state index in [0.717, 1.165) is 10.2 Å². The van der Waals surface area contributed by atoms with Crippen molar-refractivity contribution in [3.8, 4) is 0 Å². The van der Waals surface area contributed by atoms with Crippen molar-refractivity contribution in [1.82, 2.24) is 4.98 Å². The molecule has 2 aromatic rings. The third-order valence-corrected chi connectivity index (χ3v) is 3.26. The topological polar surface area (TPSA) is 50.2 Å². The second-order valence-electron chi connectivity index (χ2n) is 5.27. The molecule has 1 heterocycles. The fraction of sp³-hybridized carbons (Fsp3) is 0.286. The van der Waals surface area contributed by atoms with Gasteiger partial charge in [-0.1, -0.05) is 36.7 Å². The van der Waals surface area contributed by atoms with E-state index in [2.05, 4.69) is 20.9 Å². The highest BCUT2D eigenvalue weighted by Gasteiger charge is 2.20. The van der Waals surface area contributed by atoms with E-state index in [-0.39, 0.29) is 5.41 Å². The number of rotatable bonds is 1. The molecule has 0 bridgehead atoms. The molecule has 0 aliphatic rings. The first-order chi connectivity index (χ1) is 8.29. The van der Waals surface area contributed by atoms with Crippen LogP contribution in [0.15, 0.2) is 28.7 Å². The average Bonchev–Trinajstić information content (AvgIpc) is 2.25. The number of carboxylic acid groups (broad SMARTS) is 1. The molecule has 0 saturated carbocycles. The molecule has 0 radical (unpaired) electrons. The molecule has 3 nitrogen and oxygen atoms in total. The average molecular weight is 308 g/mol. The molecule has 1 aromatic carbocycles. The Morgan fingerprint density at radius 2 is 1.94 bits per heavy atom. The SMILES string of the molecule is CC(C)(C)c1cc(C(=O)O)c2cc(Br)ccc2n1. The Kier molecular flexibility index (Phi) is 3.15. The summed E-state index contributed by atoms with van der Waals surface area (Å²) in [5.41, 5.74) is 1.62. The second-order valence-corrected chi connectivity index (χ2v) is 6.19. The summed E-state index contributed by atoms with van der Waals surface area (Å²) in [6.45, 7) is 6.06. The summed E-state index contributed by atoms with van der Waals surface area (Å²) in [5, 5.41) is 9.98. The second kappa shape index (κ2) is 4.35. The number of hydrogen-bond acceptors (Lipinski definition) is 2. The van der Waals surface area contributed by atoms with Crippen molar-refractivity contribution in [2.45, 2.75) is 26.2 Å². The number of hydrogen-bond donors (Lipinski definition) is 1. The molecular weight excluding hydrogens is 294 g/mol. The van der Waals surface area contributed by atoms with Crippen LogP contribution in [0.5, 0.6) is 0 Å². The van der Waals surface area contributed by atoms with Crippen LogP contribution in [-0.4, -0.2) is 16.1 Å². The Morgan fingerprint density at radius 3 is 2.50 bits per heavy atom. The van der Waals surface area contributed by atoms with Gasteiger partial charge in [0, 0.05) is 21.0 Å². The van der Waals surface area contributed by atoms with Gasteiger partial charge in [0.25, 0.3) is 0 Å². The van der Waals surface area contributed by atoms with Gasteiger partial charge in [-0.2, -0.15) is 0 Å². The molecule has 0 spiro atoms. The van der Waals surface area contributed by atoms with Crippen LogP contribution in [-0.2, 0) is 5.41 Å². The molecule has 0 aliphatic carbocycles. The smallest absolute Gasteiger partial charge is 0.336 e. The van der Waals surface area contributed by atoms with Gasteiger partial charge < -0.3 is 5.11 Å². The number of aromatic carboxylic acids is 1. The maximum absolute atomic E-state index is 11.4. The number of fused-ring (bicyclic) bond motifs is 1. The van der Waals surface area contributed by atoms with Gasteiger partial charge in [-0.15, -0.1) is 0 Å². The van der Waals surface area contributed by atoms with E-state index >= 15 is 0 Å².